The molecule has 3 N–H and O–H groups in total. The second-order valence-electron chi connectivity index (χ2n) is 9.43. The molecule has 4 aliphatic heterocycles. The first-order valence-corrected chi connectivity index (χ1v) is 13.0. The van der Waals surface area contributed by atoms with Gasteiger partial charge in [-0.15, -0.1) is 23.4 Å². The van der Waals surface area contributed by atoms with Crippen molar-refractivity contribution >= 4 is 35.5 Å². The van der Waals surface area contributed by atoms with E-state index in [1.807, 2.05) is 11.8 Å². The summed E-state index contributed by atoms with van der Waals surface area (Å²) in [6, 6.07) is 1.03. The van der Waals surface area contributed by atoms with Crippen LogP contribution in [0.1, 0.15) is 38.5 Å². The van der Waals surface area contributed by atoms with Crippen molar-refractivity contribution in [2.45, 2.75) is 61.5 Å². The van der Waals surface area contributed by atoms with Crippen LogP contribution < -0.4 is 16.0 Å². The van der Waals surface area contributed by atoms with Crippen molar-refractivity contribution in [3.8, 4) is 0 Å². The molecule has 0 radical (unpaired) electrons. The Hall–Kier alpha value is -0.500. The number of piperazine rings is 1. The molecule has 8 heteroatoms. The number of aliphatic imine (C=N–C) groups is 2. The van der Waals surface area contributed by atoms with E-state index in [4.69, 9.17) is 21.6 Å². The maximum Gasteiger partial charge on any atom is 0.194 e. The molecule has 1 saturated carbocycles. The van der Waals surface area contributed by atoms with Gasteiger partial charge in [0.25, 0.3) is 0 Å². The summed E-state index contributed by atoms with van der Waals surface area (Å²) in [6.07, 6.45) is 9.39. The molecule has 0 spiro atoms. The molecule has 6 nitrogen and oxygen atoms in total. The molecule has 3 saturated heterocycles. The molecule has 1 aliphatic carbocycles. The average molecular weight is 439 g/mol. The third-order valence-electron chi connectivity index (χ3n) is 7.47. The van der Waals surface area contributed by atoms with Crippen LogP contribution in [0.2, 0.25) is 0 Å². The maximum atomic E-state index is 6.58. The molecule has 0 aromatic rings. The van der Waals surface area contributed by atoms with E-state index in [9.17, 15) is 0 Å². The van der Waals surface area contributed by atoms with E-state index >= 15 is 0 Å². The molecule has 0 bridgehead atoms. The van der Waals surface area contributed by atoms with Gasteiger partial charge in [-0.1, -0.05) is 0 Å². The molecular formula is C21H35ClN6S. The fourth-order valence-electron chi connectivity index (χ4n) is 5.84. The van der Waals surface area contributed by atoms with Gasteiger partial charge in [-0.3, -0.25) is 4.99 Å². The van der Waals surface area contributed by atoms with Gasteiger partial charge >= 0.3 is 0 Å². The molecule has 7 unspecified atom stereocenters. The van der Waals surface area contributed by atoms with E-state index < -0.39 is 0 Å². The highest BCUT2D eigenvalue weighted by Crippen LogP contribution is 2.44. The van der Waals surface area contributed by atoms with E-state index in [1.165, 1.54) is 51.1 Å². The number of alkyl halides is 1. The van der Waals surface area contributed by atoms with Crippen LogP contribution in [0, 0.1) is 17.8 Å². The predicted octanol–water partition coefficient (Wildman–Crippen LogP) is 2.10. The number of hydrogen-bond donors (Lipinski definition) is 3. The highest BCUT2D eigenvalue weighted by atomic mass is 35.5. The van der Waals surface area contributed by atoms with Crippen molar-refractivity contribution in [1.29, 1.82) is 0 Å². The topological polar surface area (TPSA) is 64.0 Å². The van der Waals surface area contributed by atoms with Gasteiger partial charge in [0.2, 0.25) is 0 Å². The Morgan fingerprint density at radius 2 is 2.00 bits per heavy atom. The van der Waals surface area contributed by atoms with Crippen molar-refractivity contribution in [1.82, 2.24) is 20.9 Å². The number of nitrogens with one attached hydrogen (secondary N) is 3. The van der Waals surface area contributed by atoms with Crippen LogP contribution in [0.15, 0.2) is 9.98 Å². The van der Waals surface area contributed by atoms with Crippen LogP contribution in [0.4, 0.5) is 0 Å². The van der Waals surface area contributed by atoms with E-state index in [0.29, 0.717) is 28.6 Å². The molecule has 4 heterocycles. The van der Waals surface area contributed by atoms with Crippen molar-refractivity contribution in [2.75, 3.05) is 38.5 Å². The van der Waals surface area contributed by atoms with Gasteiger partial charge in [-0.25, -0.2) is 4.99 Å². The zero-order chi connectivity index (χ0) is 19.6. The first-order chi connectivity index (χ1) is 14.2. The first-order valence-electron chi connectivity index (χ1n) is 11.6. The second-order valence-corrected chi connectivity index (χ2v) is 11.4. The first kappa shape index (κ1) is 20.4. The van der Waals surface area contributed by atoms with E-state index in [2.05, 4.69) is 27.1 Å². The summed E-state index contributed by atoms with van der Waals surface area (Å²) < 4.78 is 0.322. The minimum atomic E-state index is 0.0704. The largest absolute Gasteiger partial charge is 0.352 e. The predicted molar refractivity (Wildman–Crippen MR) is 123 cm³/mol. The monoisotopic (exact) mass is 438 g/mol. The Bertz CT molecular complexity index is 624. The van der Waals surface area contributed by atoms with Gasteiger partial charge in [-0.2, -0.15) is 0 Å². The normalized spacial score (nSPS) is 44.4. The smallest absolute Gasteiger partial charge is 0.194 e. The lowest BCUT2D eigenvalue weighted by atomic mass is 9.76. The average Bonchev–Trinajstić information content (AvgIpc) is 3.33. The van der Waals surface area contributed by atoms with Gasteiger partial charge in [-0.05, 0) is 62.0 Å². The van der Waals surface area contributed by atoms with Crippen LogP contribution in [0.5, 0.6) is 0 Å². The zero-order valence-corrected chi connectivity index (χ0v) is 18.8. The molecule has 5 rings (SSSR count). The maximum absolute atomic E-state index is 6.58. The quantitative estimate of drug-likeness (QED) is 0.586. The lowest BCUT2D eigenvalue weighted by Crippen LogP contribution is -2.45. The van der Waals surface area contributed by atoms with Gasteiger partial charge in [0.05, 0.1) is 4.71 Å². The molecule has 0 aromatic heterocycles. The minimum Gasteiger partial charge on any atom is -0.352 e. The standard InChI is InChI=1S/C21H35ClN6S/c22-20-16(4-10-29-20)15-1-2-17-18(12-15)26-21(25-17)27-19-11-14(3-5-24-19)13-28-8-6-23-7-9-28/h5,14-20,23H,1-4,6-13H2,(H2,25,26,27). The molecule has 162 valence electrons. The Kier molecular flexibility index (Phi) is 6.56. The highest BCUT2D eigenvalue weighted by Gasteiger charge is 2.42. The van der Waals surface area contributed by atoms with E-state index in [-0.39, 0.29) is 6.17 Å². The molecule has 5 aliphatic rings. The SMILES string of the molecule is ClC1SCCC1C1CCC2NC(=NC3CC(CN4CCNCC4)CC=N3)NC2C1. The Morgan fingerprint density at radius 3 is 2.83 bits per heavy atom. The summed E-state index contributed by atoms with van der Waals surface area (Å²) >= 11 is 8.52. The number of fused-ring (bicyclic) bond motifs is 1. The lowest BCUT2D eigenvalue weighted by molar-refractivity contribution is 0.197. The van der Waals surface area contributed by atoms with Crippen molar-refractivity contribution in [3.05, 3.63) is 0 Å². The zero-order valence-electron chi connectivity index (χ0n) is 17.2. The molecule has 29 heavy (non-hydrogen) atoms. The van der Waals surface area contributed by atoms with Crippen molar-refractivity contribution in [3.63, 3.8) is 0 Å². The number of rotatable bonds is 4. The van der Waals surface area contributed by atoms with Crippen LogP contribution >= 0.6 is 23.4 Å². The Labute approximate surface area is 184 Å². The molecular weight excluding hydrogens is 404 g/mol. The molecule has 0 aromatic carbocycles. The van der Waals surface area contributed by atoms with Crippen LogP contribution in [-0.4, -0.2) is 78.5 Å². The summed E-state index contributed by atoms with van der Waals surface area (Å²) in [5, 5.41) is 10.8. The summed E-state index contributed by atoms with van der Waals surface area (Å²) in [7, 11) is 0. The van der Waals surface area contributed by atoms with Gasteiger partial charge in [0.1, 0.15) is 6.17 Å². The van der Waals surface area contributed by atoms with Crippen molar-refractivity contribution in [2.24, 2.45) is 27.7 Å². The third-order valence-corrected chi connectivity index (χ3v) is 9.31. The summed E-state index contributed by atoms with van der Waals surface area (Å²) in [4.78, 5) is 12.3. The number of hydrogen-bond acceptors (Lipinski definition) is 5. The van der Waals surface area contributed by atoms with Gasteiger partial charge in [0.15, 0.2) is 5.96 Å². The Balaban J connectivity index is 1.15. The summed E-state index contributed by atoms with van der Waals surface area (Å²) in [5.41, 5.74) is 0. The van der Waals surface area contributed by atoms with Crippen LogP contribution in [0.3, 0.4) is 0 Å². The summed E-state index contributed by atoms with van der Waals surface area (Å²) in [5.74, 6) is 4.34. The second kappa shape index (κ2) is 9.33. The fraction of sp³-hybridized carbons (Fsp3) is 0.905. The molecule has 4 fully saturated rings. The Morgan fingerprint density at radius 1 is 1.14 bits per heavy atom. The van der Waals surface area contributed by atoms with E-state index in [0.717, 1.165) is 37.8 Å². The van der Waals surface area contributed by atoms with E-state index in [1.54, 1.807) is 0 Å². The number of halogens is 1. The van der Waals surface area contributed by atoms with Gasteiger partial charge in [0, 0.05) is 51.0 Å². The van der Waals surface area contributed by atoms with Gasteiger partial charge < -0.3 is 20.9 Å². The lowest BCUT2D eigenvalue weighted by Gasteiger charge is -2.35. The number of guanidine groups is 1. The number of nitrogens with zero attached hydrogens (tertiary/aromatic N) is 3. The molecule has 7 atom stereocenters. The number of thioether (sulfide) groups is 1. The minimum absolute atomic E-state index is 0.0704. The highest BCUT2D eigenvalue weighted by molar-refractivity contribution is 8.01. The molecule has 0 amide bonds. The van der Waals surface area contributed by atoms with Crippen LogP contribution in [-0.2, 0) is 0 Å². The fourth-order valence-corrected chi connectivity index (χ4v) is 7.68. The third kappa shape index (κ3) is 4.89. The van der Waals surface area contributed by atoms with Crippen molar-refractivity contribution < 1.29 is 0 Å². The summed E-state index contributed by atoms with van der Waals surface area (Å²) in [6.45, 7) is 5.76. The van der Waals surface area contributed by atoms with Crippen LogP contribution in [0.25, 0.3) is 0 Å².